The highest BCUT2D eigenvalue weighted by Gasteiger charge is 2.40. The minimum Gasteiger partial charge on any atom is -0.387 e. The van der Waals surface area contributed by atoms with Crippen molar-refractivity contribution < 1.29 is 9.90 Å². The number of rotatable bonds is 5. The molecule has 0 unspecified atom stereocenters. The number of β-amino-alcohol motifs (C(OH)–C–C–N with tert-alkyl or cyclic N) is 1. The monoisotopic (exact) mass is 269 g/mol. The molecule has 0 aromatic carbocycles. The minimum absolute atomic E-state index is 0.0998. The molecule has 6 heteroatoms. The second kappa shape index (κ2) is 5.34. The van der Waals surface area contributed by atoms with E-state index in [1.54, 1.807) is 0 Å². The average molecular weight is 269 g/mol. The summed E-state index contributed by atoms with van der Waals surface area (Å²) in [5, 5.41) is 15.3. The predicted octanol–water partition coefficient (Wildman–Crippen LogP) is 1.45. The molecule has 1 aliphatic heterocycles. The number of likely N-dealkylation sites (tertiary alicyclic amines) is 1. The number of hydrogen-bond donors (Lipinski definition) is 2. The lowest BCUT2D eigenvalue weighted by Gasteiger charge is -2.46. The molecule has 0 saturated carbocycles. The van der Waals surface area contributed by atoms with Crippen molar-refractivity contribution in [2.24, 2.45) is 0 Å². The Bertz CT molecular complexity index is 427. The van der Waals surface area contributed by atoms with E-state index in [0.29, 0.717) is 18.2 Å². The number of hydrogen-bond acceptors (Lipinski definition) is 5. The molecular formula is C12H19N3O2S. The summed E-state index contributed by atoms with van der Waals surface area (Å²) in [5.41, 5.74) is 0.452. The highest BCUT2D eigenvalue weighted by atomic mass is 32.1. The van der Waals surface area contributed by atoms with Crippen LogP contribution in [0.2, 0.25) is 0 Å². The Morgan fingerprint density at radius 2 is 2.39 bits per heavy atom. The summed E-state index contributed by atoms with van der Waals surface area (Å²) in [5.74, 6) is -0.0998. The van der Waals surface area contributed by atoms with Crippen LogP contribution in [0.15, 0.2) is 5.38 Å². The fourth-order valence-electron chi connectivity index (χ4n) is 2.34. The van der Waals surface area contributed by atoms with E-state index in [2.05, 4.69) is 22.1 Å². The van der Waals surface area contributed by atoms with Gasteiger partial charge in [-0.05, 0) is 6.42 Å². The van der Waals surface area contributed by atoms with Crippen LogP contribution >= 0.6 is 11.3 Å². The predicted molar refractivity (Wildman–Crippen MR) is 71.6 cm³/mol. The van der Waals surface area contributed by atoms with E-state index in [1.807, 2.05) is 5.38 Å². The molecule has 0 bridgehead atoms. The van der Waals surface area contributed by atoms with E-state index in [0.717, 1.165) is 25.1 Å². The molecule has 0 spiro atoms. The van der Waals surface area contributed by atoms with Gasteiger partial charge in [-0.2, -0.15) is 0 Å². The van der Waals surface area contributed by atoms with Gasteiger partial charge >= 0.3 is 0 Å². The molecule has 2 rings (SSSR count). The SMILES string of the molecule is CCCC1(O)CN(Cc2csc(NC(C)=O)n2)C1. The molecular weight excluding hydrogens is 250 g/mol. The van der Waals surface area contributed by atoms with Crippen LogP contribution in [0.25, 0.3) is 0 Å². The lowest BCUT2D eigenvalue weighted by molar-refractivity contribution is -0.114. The van der Waals surface area contributed by atoms with Crippen LogP contribution in [0.5, 0.6) is 0 Å². The summed E-state index contributed by atoms with van der Waals surface area (Å²) in [7, 11) is 0. The van der Waals surface area contributed by atoms with Gasteiger partial charge in [-0.1, -0.05) is 13.3 Å². The molecule has 5 nitrogen and oxygen atoms in total. The summed E-state index contributed by atoms with van der Waals surface area (Å²) in [4.78, 5) is 17.4. The standard InChI is InChI=1S/C12H19N3O2S/c1-3-4-12(17)7-15(8-12)5-10-6-18-11(14-10)13-9(2)16/h6,17H,3-5,7-8H2,1-2H3,(H,13,14,16). The second-order valence-corrected chi connectivity index (χ2v) is 5.80. The Balaban J connectivity index is 1.81. The number of aliphatic hydroxyl groups is 1. The largest absolute Gasteiger partial charge is 0.387 e. The van der Waals surface area contributed by atoms with Crippen molar-refractivity contribution in [3.63, 3.8) is 0 Å². The Labute approximate surface area is 111 Å². The summed E-state index contributed by atoms with van der Waals surface area (Å²) in [6, 6.07) is 0. The van der Waals surface area contributed by atoms with E-state index in [1.165, 1.54) is 18.3 Å². The molecule has 1 aliphatic rings. The summed E-state index contributed by atoms with van der Waals surface area (Å²) in [6.45, 7) is 5.73. The van der Waals surface area contributed by atoms with Crippen LogP contribution in [-0.2, 0) is 11.3 Å². The van der Waals surface area contributed by atoms with E-state index >= 15 is 0 Å². The van der Waals surface area contributed by atoms with Gasteiger partial charge in [-0.15, -0.1) is 11.3 Å². The first-order chi connectivity index (χ1) is 8.50. The van der Waals surface area contributed by atoms with Crippen molar-refractivity contribution in [3.8, 4) is 0 Å². The van der Waals surface area contributed by atoms with E-state index < -0.39 is 5.60 Å². The smallest absolute Gasteiger partial charge is 0.223 e. The van der Waals surface area contributed by atoms with Crippen LogP contribution in [0.1, 0.15) is 32.4 Å². The molecule has 0 radical (unpaired) electrons. The molecule has 1 saturated heterocycles. The van der Waals surface area contributed by atoms with Gasteiger partial charge in [0.05, 0.1) is 11.3 Å². The first-order valence-corrected chi connectivity index (χ1v) is 7.05. The zero-order valence-corrected chi connectivity index (χ0v) is 11.6. The molecule has 0 aliphatic carbocycles. The molecule has 1 fully saturated rings. The van der Waals surface area contributed by atoms with Gasteiger partial charge in [-0.3, -0.25) is 9.69 Å². The van der Waals surface area contributed by atoms with Gasteiger partial charge in [0, 0.05) is 31.9 Å². The van der Waals surface area contributed by atoms with Gasteiger partial charge < -0.3 is 10.4 Å². The maximum atomic E-state index is 10.9. The number of aromatic nitrogens is 1. The van der Waals surface area contributed by atoms with Crippen molar-refractivity contribution in [2.75, 3.05) is 18.4 Å². The van der Waals surface area contributed by atoms with Gasteiger partial charge in [0.1, 0.15) is 0 Å². The second-order valence-electron chi connectivity index (χ2n) is 4.94. The average Bonchev–Trinajstić information content (AvgIpc) is 2.62. The van der Waals surface area contributed by atoms with Crippen LogP contribution in [0, 0.1) is 0 Å². The third-order valence-corrected chi connectivity index (χ3v) is 3.78. The fraction of sp³-hybridized carbons (Fsp3) is 0.667. The molecule has 0 atom stereocenters. The number of nitrogens with zero attached hydrogens (tertiary/aromatic N) is 2. The highest BCUT2D eigenvalue weighted by molar-refractivity contribution is 7.13. The topological polar surface area (TPSA) is 65.5 Å². The third kappa shape index (κ3) is 3.28. The lowest BCUT2D eigenvalue weighted by Crippen LogP contribution is -2.60. The van der Waals surface area contributed by atoms with Crippen molar-refractivity contribution in [2.45, 2.75) is 38.8 Å². The lowest BCUT2D eigenvalue weighted by atomic mass is 9.89. The Kier molecular flexibility index (Phi) is 3.99. The zero-order valence-electron chi connectivity index (χ0n) is 10.8. The summed E-state index contributed by atoms with van der Waals surface area (Å²) >= 11 is 1.43. The quantitative estimate of drug-likeness (QED) is 0.849. The first-order valence-electron chi connectivity index (χ1n) is 6.17. The van der Waals surface area contributed by atoms with Crippen LogP contribution in [-0.4, -0.2) is 39.6 Å². The molecule has 1 aromatic heterocycles. The number of anilines is 1. The molecule has 18 heavy (non-hydrogen) atoms. The number of carbonyl (C=O) groups excluding carboxylic acids is 1. The van der Waals surface area contributed by atoms with Crippen LogP contribution in [0.3, 0.4) is 0 Å². The number of carbonyl (C=O) groups is 1. The Morgan fingerprint density at radius 3 is 3.00 bits per heavy atom. The van der Waals surface area contributed by atoms with Crippen LogP contribution in [0.4, 0.5) is 5.13 Å². The Hall–Kier alpha value is -0.980. The molecule has 100 valence electrons. The van der Waals surface area contributed by atoms with E-state index in [9.17, 15) is 9.90 Å². The van der Waals surface area contributed by atoms with Gasteiger partial charge in [0.25, 0.3) is 0 Å². The van der Waals surface area contributed by atoms with Gasteiger partial charge in [-0.25, -0.2) is 4.98 Å². The van der Waals surface area contributed by atoms with Crippen molar-refractivity contribution in [3.05, 3.63) is 11.1 Å². The van der Waals surface area contributed by atoms with Crippen molar-refractivity contribution in [1.82, 2.24) is 9.88 Å². The zero-order chi connectivity index (χ0) is 13.2. The van der Waals surface area contributed by atoms with E-state index in [4.69, 9.17) is 0 Å². The minimum atomic E-state index is -0.495. The molecule has 1 aromatic rings. The molecule has 2 heterocycles. The summed E-state index contributed by atoms with van der Waals surface area (Å²) < 4.78 is 0. The third-order valence-electron chi connectivity index (χ3n) is 2.97. The number of thiazole rings is 1. The number of amides is 1. The van der Waals surface area contributed by atoms with E-state index in [-0.39, 0.29) is 5.91 Å². The van der Waals surface area contributed by atoms with Gasteiger partial charge in [0.2, 0.25) is 5.91 Å². The Morgan fingerprint density at radius 1 is 1.67 bits per heavy atom. The highest BCUT2D eigenvalue weighted by Crippen LogP contribution is 2.27. The van der Waals surface area contributed by atoms with Crippen molar-refractivity contribution >= 4 is 22.4 Å². The normalized spacial score (nSPS) is 18.4. The number of nitrogens with one attached hydrogen (secondary N) is 1. The van der Waals surface area contributed by atoms with Crippen LogP contribution < -0.4 is 5.32 Å². The maximum Gasteiger partial charge on any atom is 0.223 e. The first kappa shape index (κ1) is 13.5. The molecule has 1 amide bonds. The fourth-order valence-corrected chi connectivity index (χ4v) is 3.09. The maximum absolute atomic E-state index is 10.9. The summed E-state index contributed by atoms with van der Waals surface area (Å²) in [6.07, 6.45) is 1.87. The molecule has 2 N–H and O–H groups in total. The van der Waals surface area contributed by atoms with Gasteiger partial charge in [0.15, 0.2) is 5.13 Å². The van der Waals surface area contributed by atoms with Crippen molar-refractivity contribution in [1.29, 1.82) is 0 Å².